The van der Waals surface area contributed by atoms with Gasteiger partial charge in [0.1, 0.15) is 0 Å². The molecule has 4 aliphatic carbocycles. The van der Waals surface area contributed by atoms with E-state index in [2.05, 4.69) is 19.9 Å². The summed E-state index contributed by atoms with van der Waals surface area (Å²) in [4.78, 5) is 0. The molecular weight excluding hydrogens is 328 g/mol. The molecule has 3 saturated carbocycles. The Bertz CT molecular complexity index is 558. The fourth-order valence-electron chi connectivity index (χ4n) is 7.44. The first kappa shape index (κ1) is 18.1. The predicted molar refractivity (Wildman–Crippen MR) is 103 cm³/mol. The summed E-state index contributed by atoms with van der Waals surface area (Å²) in [5.74, 6) is 4.94. The topological polar surface area (TPSA) is 37.3 Å². The van der Waals surface area contributed by atoms with Crippen molar-refractivity contribution in [2.45, 2.75) is 83.7 Å². The van der Waals surface area contributed by atoms with Crippen molar-refractivity contribution in [2.24, 2.45) is 35.0 Å². The number of hydrogen-bond acceptors (Lipinski definition) is 2. The molecule has 0 saturated heterocycles. The Morgan fingerprint density at radius 3 is 2.80 bits per heavy atom. The Morgan fingerprint density at radius 1 is 1.20 bits per heavy atom. The molecule has 3 heteroatoms. The zero-order valence-electron chi connectivity index (χ0n) is 16.0. The minimum Gasteiger partial charge on any atom is -0.390 e. The van der Waals surface area contributed by atoms with E-state index in [0.717, 1.165) is 72.7 Å². The molecule has 3 unspecified atom stereocenters. The Hall–Kier alpha value is -0.280. The fraction of sp³-hybridized carbons (Fsp3) is 0.909. The summed E-state index contributed by atoms with van der Waals surface area (Å²) in [6, 6.07) is 0. The van der Waals surface area contributed by atoms with Crippen LogP contribution in [0.4, 0.5) is 0 Å². The lowest BCUT2D eigenvalue weighted by atomic mass is 9.51. The third-order valence-electron chi connectivity index (χ3n) is 9.00. The molecule has 0 aliphatic heterocycles. The van der Waals surface area contributed by atoms with Crippen LogP contribution in [0, 0.1) is 35.0 Å². The van der Waals surface area contributed by atoms with E-state index in [1.807, 2.05) is 0 Å². The van der Waals surface area contributed by atoms with Crippen LogP contribution in [0.15, 0.2) is 11.6 Å². The zero-order chi connectivity index (χ0) is 17.7. The number of hydrogen-bond donors (Lipinski definition) is 1. The van der Waals surface area contributed by atoms with E-state index in [1.165, 1.54) is 38.5 Å². The van der Waals surface area contributed by atoms with E-state index in [9.17, 15) is 9.32 Å². The number of aliphatic hydroxyl groups is 1. The molecule has 0 radical (unpaired) electrons. The van der Waals surface area contributed by atoms with Crippen molar-refractivity contribution in [1.29, 1.82) is 0 Å². The van der Waals surface area contributed by atoms with Crippen LogP contribution in [0.2, 0.25) is 0 Å². The summed E-state index contributed by atoms with van der Waals surface area (Å²) in [7, 11) is 0. The molecule has 0 aromatic heterocycles. The summed E-state index contributed by atoms with van der Waals surface area (Å²) in [5.41, 5.74) is 1.66. The third kappa shape index (κ3) is 2.94. The first-order valence-corrected chi connectivity index (χ1v) is 11.6. The van der Waals surface area contributed by atoms with Crippen molar-refractivity contribution >= 4 is 11.7 Å². The lowest BCUT2D eigenvalue weighted by molar-refractivity contribution is -0.0399. The van der Waals surface area contributed by atoms with Crippen LogP contribution in [0.25, 0.3) is 0 Å². The van der Waals surface area contributed by atoms with Gasteiger partial charge >= 0.3 is 11.7 Å². The Labute approximate surface area is 157 Å². The molecule has 0 heterocycles. The van der Waals surface area contributed by atoms with Gasteiger partial charge in [-0.2, -0.15) is 0 Å². The van der Waals surface area contributed by atoms with E-state index < -0.39 is 5.60 Å². The van der Waals surface area contributed by atoms with E-state index in [-0.39, 0.29) is 0 Å². The zero-order valence-corrected chi connectivity index (χ0v) is 16.8. The van der Waals surface area contributed by atoms with Gasteiger partial charge in [-0.1, -0.05) is 25.5 Å². The molecule has 0 amide bonds. The summed E-state index contributed by atoms with van der Waals surface area (Å²) in [6.07, 6.45) is 14.4. The van der Waals surface area contributed by atoms with Crippen LogP contribution < -0.4 is 0 Å². The minimum absolute atomic E-state index is 0.424. The second-order valence-corrected chi connectivity index (χ2v) is 10.4. The number of fused-ring (bicyclic) bond motifs is 5. The van der Waals surface area contributed by atoms with Crippen molar-refractivity contribution in [3.05, 3.63) is 11.6 Å². The summed E-state index contributed by atoms with van der Waals surface area (Å²) < 4.78 is 10.9. The van der Waals surface area contributed by atoms with Gasteiger partial charge in [-0.05, 0) is 92.8 Å². The van der Waals surface area contributed by atoms with Crippen molar-refractivity contribution in [3.63, 3.8) is 0 Å². The molecule has 3 fully saturated rings. The maximum absolute atomic E-state index is 10.9. The monoisotopic (exact) mass is 363 g/mol. The molecule has 7 atom stereocenters. The molecule has 0 bridgehead atoms. The van der Waals surface area contributed by atoms with Gasteiger partial charge in [-0.3, -0.25) is 0 Å². The molecule has 0 aromatic rings. The summed E-state index contributed by atoms with van der Waals surface area (Å²) in [5, 5.41) is 10.8. The van der Waals surface area contributed by atoms with Gasteiger partial charge < -0.3 is 5.11 Å². The highest BCUT2D eigenvalue weighted by Crippen LogP contribution is 2.64. The highest BCUT2D eigenvalue weighted by Gasteiger charge is 2.56. The first-order valence-electron chi connectivity index (χ1n) is 10.7. The van der Waals surface area contributed by atoms with Crippen LogP contribution in [0.5, 0.6) is 0 Å². The highest BCUT2D eigenvalue weighted by molar-refractivity contribution is 7.65. The number of allylic oxidation sites excluding steroid dienone is 1. The second kappa shape index (κ2) is 6.71. The molecular formula is C22H35O2S+. The fourth-order valence-corrected chi connectivity index (χ4v) is 7.82. The number of rotatable bonds is 4. The van der Waals surface area contributed by atoms with Gasteiger partial charge in [0.25, 0.3) is 0 Å². The smallest absolute Gasteiger partial charge is 0.390 e. The van der Waals surface area contributed by atoms with Crippen LogP contribution in [-0.4, -0.2) is 16.5 Å². The molecule has 25 heavy (non-hydrogen) atoms. The van der Waals surface area contributed by atoms with Gasteiger partial charge in [-0.15, -0.1) is 0 Å². The lowest BCUT2D eigenvalue weighted by Gasteiger charge is -2.54. The molecule has 2 nitrogen and oxygen atoms in total. The Balaban J connectivity index is 1.53. The Morgan fingerprint density at radius 2 is 2.04 bits per heavy atom. The van der Waals surface area contributed by atoms with Crippen molar-refractivity contribution in [3.8, 4) is 0 Å². The first-order chi connectivity index (χ1) is 12.0. The van der Waals surface area contributed by atoms with Gasteiger partial charge in [0.15, 0.2) is 0 Å². The lowest BCUT2D eigenvalue weighted by Crippen LogP contribution is -2.47. The van der Waals surface area contributed by atoms with Crippen LogP contribution in [-0.2, 0) is 15.9 Å². The van der Waals surface area contributed by atoms with E-state index in [4.69, 9.17) is 0 Å². The van der Waals surface area contributed by atoms with Crippen LogP contribution >= 0.6 is 0 Å². The van der Waals surface area contributed by atoms with Crippen LogP contribution in [0.3, 0.4) is 0 Å². The molecule has 1 N–H and O–H groups in total. The average molecular weight is 364 g/mol. The quantitative estimate of drug-likeness (QED) is 0.555. The normalized spacial score (nSPS) is 48.9. The highest BCUT2D eigenvalue weighted by atomic mass is 32.1. The van der Waals surface area contributed by atoms with Crippen molar-refractivity contribution in [1.82, 2.24) is 0 Å². The van der Waals surface area contributed by atoms with Gasteiger partial charge in [0, 0.05) is 10.6 Å². The molecule has 0 aromatic carbocycles. The molecule has 4 aliphatic rings. The SMILES string of the molecule is CC[C@]1(O)CCC2C(=CC[C@@H]3C2CC[C@@]2(C)C3CC[C@@H]2CC[S+]=O)C1. The maximum Gasteiger partial charge on any atom is 0.458 e. The van der Waals surface area contributed by atoms with Gasteiger partial charge in [0.2, 0.25) is 5.75 Å². The van der Waals surface area contributed by atoms with Crippen molar-refractivity contribution < 1.29 is 9.32 Å². The van der Waals surface area contributed by atoms with Gasteiger partial charge in [-0.25, -0.2) is 0 Å². The van der Waals surface area contributed by atoms with E-state index >= 15 is 0 Å². The van der Waals surface area contributed by atoms with E-state index in [0.29, 0.717) is 5.41 Å². The molecule has 0 spiro atoms. The van der Waals surface area contributed by atoms with Crippen LogP contribution in [0.1, 0.15) is 78.1 Å². The predicted octanol–water partition coefficient (Wildman–Crippen LogP) is 5.13. The van der Waals surface area contributed by atoms with Gasteiger partial charge in [0.05, 0.1) is 5.60 Å². The standard InChI is InChI=1S/C22H35O2S/c1-3-22(23)12-9-17-15(14-22)4-6-19-18(17)8-11-21(2)16(10-13-25-24)5-7-20(19)21/h4,16-20,23H,3,5-14H2,1-2H3/q+1/t16-,17?,18?,19-,20?,21-,22+/m1/s1. The summed E-state index contributed by atoms with van der Waals surface area (Å²) >= 11 is 0.783. The maximum atomic E-state index is 10.9. The van der Waals surface area contributed by atoms with E-state index in [1.54, 1.807) is 5.57 Å². The molecule has 4 rings (SSSR count). The molecule has 140 valence electrons. The minimum atomic E-state index is -0.424. The summed E-state index contributed by atoms with van der Waals surface area (Å²) in [6.45, 7) is 4.69. The second-order valence-electron chi connectivity index (χ2n) is 9.78. The third-order valence-corrected chi connectivity index (χ3v) is 9.40. The average Bonchev–Trinajstić information content (AvgIpc) is 2.96. The van der Waals surface area contributed by atoms with Crippen molar-refractivity contribution in [2.75, 3.05) is 5.75 Å². The Kier molecular flexibility index (Phi) is 4.86. The largest absolute Gasteiger partial charge is 0.458 e.